The fraction of sp³-hybridized carbons (Fsp3) is 0. The van der Waals surface area contributed by atoms with Crippen LogP contribution in [0.25, 0.3) is 98.1 Å². The second kappa shape index (κ2) is 6.06. The molecule has 0 unspecified atom stereocenters. The zero-order valence-corrected chi connectivity index (χ0v) is 20.7. The number of para-hydroxylation sites is 4. The van der Waals surface area contributed by atoms with Gasteiger partial charge in [-0.1, -0.05) is 72.8 Å². The molecular formula is C36H18N2O. The molecule has 178 valence electrons. The summed E-state index contributed by atoms with van der Waals surface area (Å²) in [5, 5.41) is 12.8. The molecule has 5 heterocycles. The van der Waals surface area contributed by atoms with Gasteiger partial charge in [-0.15, -0.1) is 0 Å². The molecule has 0 atom stereocenters. The van der Waals surface area contributed by atoms with Crippen molar-refractivity contribution in [1.29, 1.82) is 0 Å². The molecule has 0 aliphatic rings. The Bertz CT molecular complexity index is 2820. The number of fused-ring (bicyclic) bond motifs is 17. The van der Waals surface area contributed by atoms with Gasteiger partial charge in [-0.25, -0.2) is 0 Å². The predicted octanol–water partition coefficient (Wildman–Crippen LogP) is 9.89. The highest BCUT2D eigenvalue weighted by atomic mass is 16.3. The summed E-state index contributed by atoms with van der Waals surface area (Å²) in [4.78, 5) is 0. The topological polar surface area (TPSA) is 22.0 Å². The summed E-state index contributed by atoms with van der Waals surface area (Å²) in [6.07, 6.45) is 0. The average Bonchev–Trinajstić information content (AvgIpc) is 3.76. The Morgan fingerprint density at radius 3 is 1.87 bits per heavy atom. The number of furan rings is 1. The van der Waals surface area contributed by atoms with Gasteiger partial charge < -0.3 is 13.2 Å². The highest BCUT2D eigenvalue weighted by Gasteiger charge is 2.27. The molecule has 11 rings (SSSR count). The van der Waals surface area contributed by atoms with Crippen LogP contribution >= 0.6 is 0 Å². The van der Waals surface area contributed by atoms with Crippen LogP contribution in [0, 0.1) is 0 Å². The second-order valence-electron chi connectivity index (χ2n) is 10.9. The Labute approximate surface area is 220 Å². The van der Waals surface area contributed by atoms with Crippen LogP contribution in [0.3, 0.4) is 0 Å². The van der Waals surface area contributed by atoms with Crippen molar-refractivity contribution >= 4 is 98.1 Å². The van der Waals surface area contributed by atoms with Crippen molar-refractivity contribution in [2.45, 2.75) is 0 Å². The molecule has 11 aromatic rings. The number of nitrogens with zero attached hydrogens (tertiary/aromatic N) is 2. The van der Waals surface area contributed by atoms with E-state index >= 15 is 0 Å². The molecule has 0 saturated carbocycles. The lowest BCUT2D eigenvalue weighted by atomic mass is 9.98. The van der Waals surface area contributed by atoms with Crippen LogP contribution in [-0.4, -0.2) is 8.80 Å². The van der Waals surface area contributed by atoms with E-state index in [2.05, 4.69) is 118 Å². The van der Waals surface area contributed by atoms with Gasteiger partial charge in [0.1, 0.15) is 11.2 Å². The third-order valence-electron chi connectivity index (χ3n) is 9.16. The fourth-order valence-electron chi connectivity index (χ4n) is 7.77. The lowest BCUT2D eigenvalue weighted by Crippen LogP contribution is -1.81. The zero-order valence-electron chi connectivity index (χ0n) is 20.7. The Balaban J connectivity index is 1.58. The predicted molar refractivity (Wildman–Crippen MR) is 163 cm³/mol. The maximum absolute atomic E-state index is 6.40. The Kier molecular flexibility index (Phi) is 2.93. The molecule has 6 aromatic carbocycles. The Hall–Kier alpha value is -5.28. The fourth-order valence-corrected chi connectivity index (χ4v) is 7.77. The standard InChI is InChI=1S/C36H18N2O/c1-4-13-25-19(8-1)21-11-7-12-23-31-28(38(25)35(21)23)18-24-20-9-2-5-14-26(20)37-27-16-17-30-32(33(27)34(31)36(24)37)22-10-3-6-15-29(22)39-30/h1-18H. The molecule has 0 bridgehead atoms. The largest absolute Gasteiger partial charge is 0.456 e. The minimum Gasteiger partial charge on any atom is -0.456 e. The summed E-state index contributed by atoms with van der Waals surface area (Å²) in [6, 6.07) is 39.8. The summed E-state index contributed by atoms with van der Waals surface area (Å²) >= 11 is 0. The van der Waals surface area contributed by atoms with E-state index < -0.39 is 0 Å². The molecule has 0 aliphatic carbocycles. The minimum absolute atomic E-state index is 0.936. The van der Waals surface area contributed by atoms with Crippen LogP contribution < -0.4 is 0 Å². The Morgan fingerprint density at radius 1 is 0.359 bits per heavy atom. The minimum atomic E-state index is 0.936. The highest BCUT2D eigenvalue weighted by Crippen LogP contribution is 2.50. The van der Waals surface area contributed by atoms with Crippen LogP contribution in [0.1, 0.15) is 0 Å². The smallest absolute Gasteiger partial charge is 0.136 e. The van der Waals surface area contributed by atoms with Crippen LogP contribution in [0.5, 0.6) is 0 Å². The first-order valence-electron chi connectivity index (χ1n) is 13.5. The number of hydrogen-bond acceptors (Lipinski definition) is 1. The Morgan fingerprint density at radius 2 is 1.03 bits per heavy atom. The van der Waals surface area contributed by atoms with E-state index in [1.54, 1.807) is 0 Å². The lowest BCUT2D eigenvalue weighted by molar-refractivity contribution is 0.669. The maximum Gasteiger partial charge on any atom is 0.136 e. The molecule has 0 fully saturated rings. The molecule has 3 heteroatoms. The van der Waals surface area contributed by atoms with Crippen molar-refractivity contribution < 1.29 is 4.42 Å². The van der Waals surface area contributed by atoms with E-state index in [9.17, 15) is 0 Å². The van der Waals surface area contributed by atoms with Gasteiger partial charge in [-0.2, -0.15) is 0 Å². The first-order valence-corrected chi connectivity index (χ1v) is 13.5. The summed E-state index contributed by atoms with van der Waals surface area (Å²) in [5.74, 6) is 0. The first kappa shape index (κ1) is 18.9. The maximum atomic E-state index is 6.40. The molecular weight excluding hydrogens is 476 g/mol. The number of benzene rings is 6. The van der Waals surface area contributed by atoms with Crippen LogP contribution in [0.15, 0.2) is 114 Å². The normalized spacial score (nSPS) is 13.1. The monoisotopic (exact) mass is 494 g/mol. The van der Waals surface area contributed by atoms with E-state index in [0.29, 0.717) is 0 Å². The van der Waals surface area contributed by atoms with E-state index in [1.165, 1.54) is 87.0 Å². The third-order valence-corrected chi connectivity index (χ3v) is 9.16. The quantitative estimate of drug-likeness (QED) is 0.206. The van der Waals surface area contributed by atoms with E-state index in [1.807, 2.05) is 0 Å². The van der Waals surface area contributed by atoms with Gasteiger partial charge in [0.15, 0.2) is 0 Å². The van der Waals surface area contributed by atoms with Gasteiger partial charge in [0.2, 0.25) is 0 Å². The SMILES string of the molecule is c1ccc2c(c1)oc1ccc3c(c12)c1c2c4cccc5c6ccccc6n(c2cc2c6ccccc6n3c21)c54. The molecule has 5 aromatic heterocycles. The van der Waals surface area contributed by atoms with Gasteiger partial charge in [0.05, 0.1) is 33.1 Å². The van der Waals surface area contributed by atoms with Gasteiger partial charge in [-0.3, -0.25) is 0 Å². The summed E-state index contributed by atoms with van der Waals surface area (Å²) in [7, 11) is 0. The van der Waals surface area contributed by atoms with Crippen molar-refractivity contribution in [3.8, 4) is 0 Å². The van der Waals surface area contributed by atoms with Crippen molar-refractivity contribution in [2.24, 2.45) is 0 Å². The second-order valence-corrected chi connectivity index (χ2v) is 10.9. The highest BCUT2D eigenvalue weighted by molar-refractivity contribution is 6.41. The molecule has 0 spiro atoms. The van der Waals surface area contributed by atoms with E-state index in [-0.39, 0.29) is 0 Å². The van der Waals surface area contributed by atoms with Crippen molar-refractivity contribution in [1.82, 2.24) is 8.80 Å². The molecule has 0 amide bonds. The number of aromatic nitrogens is 2. The van der Waals surface area contributed by atoms with Crippen LogP contribution in [0.2, 0.25) is 0 Å². The van der Waals surface area contributed by atoms with E-state index in [4.69, 9.17) is 4.42 Å². The van der Waals surface area contributed by atoms with Crippen molar-refractivity contribution in [3.05, 3.63) is 109 Å². The first-order chi connectivity index (χ1) is 19.4. The summed E-state index contributed by atoms with van der Waals surface area (Å²) in [5.41, 5.74) is 9.50. The van der Waals surface area contributed by atoms with Crippen LogP contribution in [0.4, 0.5) is 0 Å². The van der Waals surface area contributed by atoms with Crippen molar-refractivity contribution in [3.63, 3.8) is 0 Å². The molecule has 0 saturated heterocycles. The van der Waals surface area contributed by atoms with Gasteiger partial charge in [0, 0.05) is 53.9 Å². The summed E-state index contributed by atoms with van der Waals surface area (Å²) in [6.45, 7) is 0. The van der Waals surface area contributed by atoms with Crippen molar-refractivity contribution in [2.75, 3.05) is 0 Å². The van der Waals surface area contributed by atoms with Crippen LogP contribution in [-0.2, 0) is 0 Å². The van der Waals surface area contributed by atoms with Gasteiger partial charge >= 0.3 is 0 Å². The average molecular weight is 495 g/mol. The lowest BCUT2D eigenvalue weighted by Gasteiger charge is -2.03. The molecule has 0 N–H and O–H groups in total. The van der Waals surface area contributed by atoms with Gasteiger partial charge in [-0.05, 0) is 36.4 Å². The summed E-state index contributed by atoms with van der Waals surface area (Å²) < 4.78 is 11.4. The molecule has 0 radical (unpaired) electrons. The molecule has 39 heavy (non-hydrogen) atoms. The zero-order chi connectivity index (χ0) is 25.0. The third kappa shape index (κ3) is 1.92. The van der Waals surface area contributed by atoms with E-state index in [0.717, 1.165) is 11.2 Å². The number of rotatable bonds is 0. The molecule has 0 aliphatic heterocycles. The van der Waals surface area contributed by atoms with Gasteiger partial charge in [0.25, 0.3) is 0 Å². The number of hydrogen-bond donors (Lipinski definition) is 0. The molecule has 3 nitrogen and oxygen atoms in total.